The second-order valence-electron chi connectivity index (χ2n) is 22.4. The van der Waals surface area contributed by atoms with Crippen LogP contribution in [0.5, 0.6) is 0 Å². The van der Waals surface area contributed by atoms with E-state index in [-0.39, 0.29) is 0 Å². The molecule has 12 aromatic carbocycles. The van der Waals surface area contributed by atoms with Crippen LogP contribution >= 0.6 is 0 Å². The van der Waals surface area contributed by atoms with Crippen molar-refractivity contribution >= 4 is 87.2 Å². The summed E-state index contributed by atoms with van der Waals surface area (Å²) < 4.78 is 9.88. The molecule has 410 valence electrons. The van der Waals surface area contributed by atoms with Crippen molar-refractivity contribution in [1.82, 2.24) is 38.2 Å². The third-order valence-electron chi connectivity index (χ3n) is 17.7. The molecular formula is C80H50N8. The van der Waals surface area contributed by atoms with Crippen LogP contribution in [0.3, 0.4) is 0 Å². The number of aromatic nitrogens is 8. The normalized spacial score (nSPS) is 11.9. The van der Waals surface area contributed by atoms with E-state index in [1.807, 2.05) is 48.7 Å². The number of benzene rings is 12. The molecule has 8 heteroatoms. The number of fused-ring (bicyclic) bond motifs is 14. The van der Waals surface area contributed by atoms with Gasteiger partial charge in [-0.05, 0) is 84.9 Å². The lowest BCUT2D eigenvalue weighted by Crippen LogP contribution is -2.07. The maximum atomic E-state index is 5.57. The summed E-state index contributed by atoms with van der Waals surface area (Å²) in [6, 6.07) is 106. The highest BCUT2D eigenvalue weighted by Gasteiger charge is 2.30. The van der Waals surface area contributed by atoms with Gasteiger partial charge in [0.1, 0.15) is 0 Å². The second-order valence-corrected chi connectivity index (χ2v) is 22.4. The molecule has 0 atom stereocenters. The standard InChI is InChI=1S/C80H50N8/c1-5-25-51(26-6-1)78-82-79(52-27-7-2-8-28-52)84-80(83-78)62-38-24-45-69(88-67-43-20-16-36-61(67)75-71(88)49-47-58-56-34-14-18-41-65(56)86(77(58)75)54-31-11-4-12-32-54)73(62)72-59(63-39-21-22-50-81-63)37-23-44-68(72)87-66-42-19-15-35-60(66)74-70(87)48-46-57-55-33-13-17-40-64(55)85(76(57)74)53-29-9-3-10-30-53/h1-50H. The molecule has 18 aromatic rings. The molecule has 0 saturated heterocycles. The molecule has 0 N–H and O–H groups in total. The highest BCUT2D eigenvalue weighted by Crippen LogP contribution is 2.51. The molecule has 88 heavy (non-hydrogen) atoms. The molecule has 0 aliphatic heterocycles. The van der Waals surface area contributed by atoms with Crippen molar-refractivity contribution in [3.05, 3.63) is 303 Å². The van der Waals surface area contributed by atoms with Gasteiger partial charge in [0, 0.05) is 94.0 Å². The van der Waals surface area contributed by atoms with Crippen molar-refractivity contribution in [1.29, 1.82) is 0 Å². The molecule has 6 heterocycles. The first-order valence-electron chi connectivity index (χ1n) is 29.8. The fraction of sp³-hybridized carbons (Fsp3) is 0. The lowest BCUT2D eigenvalue weighted by molar-refractivity contribution is 1.07. The quantitative estimate of drug-likeness (QED) is 0.144. The summed E-state index contributed by atoms with van der Waals surface area (Å²) in [6.45, 7) is 0. The number of pyridine rings is 1. The van der Waals surface area contributed by atoms with Crippen molar-refractivity contribution in [3.63, 3.8) is 0 Å². The first kappa shape index (κ1) is 49.4. The summed E-state index contributed by atoms with van der Waals surface area (Å²) in [5.41, 5.74) is 19.3. The largest absolute Gasteiger partial charge is 0.309 e. The lowest BCUT2D eigenvalue weighted by Gasteiger charge is -2.24. The van der Waals surface area contributed by atoms with Crippen LogP contribution in [-0.4, -0.2) is 38.2 Å². The van der Waals surface area contributed by atoms with Crippen molar-refractivity contribution in [2.24, 2.45) is 0 Å². The molecule has 8 nitrogen and oxygen atoms in total. The molecule has 0 saturated carbocycles. The predicted molar refractivity (Wildman–Crippen MR) is 362 cm³/mol. The second kappa shape index (κ2) is 19.8. The minimum Gasteiger partial charge on any atom is -0.309 e. The van der Waals surface area contributed by atoms with E-state index < -0.39 is 0 Å². The summed E-state index contributed by atoms with van der Waals surface area (Å²) in [4.78, 5) is 21.6. The fourth-order valence-electron chi connectivity index (χ4n) is 14.1. The number of hydrogen-bond acceptors (Lipinski definition) is 4. The molecule has 0 spiro atoms. The third kappa shape index (κ3) is 7.45. The Bertz CT molecular complexity index is 5730. The van der Waals surface area contributed by atoms with E-state index in [0.29, 0.717) is 17.5 Å². The molecule has 0 fully saturated rings. The van der Waals surface area contributed by atoms with E-state index in [0.717, 1.165) is 128 Å². The Balaban J connectivity index is 1.03. The Morgan fingerprint density at radius 2 is 0.625 bits per heavy atom. The molecular weight excluding hydrogens is 1070 g/mol. The van der Waals surface area contributed by atoms with Crippen LogP contribution in [-0.2, 0) is 0 Å². The fourth-order valence-corrected chi connectivity index (χ4v) is 14.1. The summed E-state index contributed by atoms with van der Waals surface area (Å²) in [7, 11) is 0. The molecule has 6 aromatic heterocycles. The predicted octanol–water partition coefficient (Wildman–Crippen LogP) is 20.0. The smallest absolute Gasteiger partial charge is 0.164 e. The Kier molecular flexibility index (Phi) is 11.1. The zero-order valence-corrected chi connectivity index (χ0v) is 47.4. The van der Waals surface area contributed by atoms with E-state index in [9.17, 15) is 0 Å². The highest BCUT2D eigenvalue weighted by molar-refractivity contribution is 6.28. The minimum atomic E-state index is 0.537. The average molecular weight is 1120 g/mol. The van der Waals surface area contributed by atoms with Crippen LogP contribution < -0.4 is 0 Å². The molecule has 0 aliphatic carbocycles. The van der Waals surface area contributed by atoms with Crippen molar-refractivity contribution < 1.29 is 0 Å². The third-order valence-corrected chi connectivity index (χ3v) is 17.7. The van der Waals surface area contributed by atoms with E-state index >= 15 is 0 Å². The van der Waals surface area contributed by atoms with Gasteiger partial charge in [-0.15, -0.1) is 0 Å². The Morgan fingerprint density at radius 1 is 0.239 bits per heavy atom. The summed E-state index contributed by atoms with van der Waals surface area (Å²) in [6.07, 6.45) is 1.90. The summed E-state index contributed by atoms with van der Waals surface area (Å²) in [5.74, 6) is 1.69. The van der Waals surface area contributed by atoms with Gasteiger partial charge in [-0.3, -0.25) is 4.98 Å². The Morgan fingerprint density at radius 3 is 1.09 bits per heavy atom. The summed E-state index contributed by atoms with van der Waals surface area (Å²) in [5, 5.41) is 9.36. The zero-order valence-electron chi connectivity index (χ0n) is 47.4. The molecule has 0 aliphatic rings. The van der Waals surface area contributed by atoms with Crippen LogP contribution in [0.1, 0.15) is 0 Å². The van der Waals surface area contributed by atoms with Gasteiger partial charge in [0.2, 0.25) is 0 Å². The molecule has 0 radical (unpaired) electrons. The molecule has 0 unspecified atom stereocenters. The van der Waals surface area contributed by atoms with Gasteiger partial charge in [0.15, 0.2) is 17.5 Å². The van der Waals surface area contributed by atoms with Crippen molar-refractivity contribution in [2.75, 3.05) is 0 Å². The van der Waals surface area contributed by atoms with Crippen LogP contribution in [0.25, 0.3) is 167 Å². The topological polar surface area (TPSA) is 71.3 Å². The van der Waals surface area contributed by atoms with E-state index in [1.165, 1.54) is 21.5 Å². The van der Waals surface area contributed by atoms with Crippen molar-refractivity contribution in [2.45, 2.75) is 0 Å². The average Bonchev–Trinajstić information content (AvgIpc) is 1.56. The number of nitrogens with zero attached hydrogens (tertiary/aromatic N) is 8. The first-order chi connectivity index (χ1) is 43.7. The number of para-hydroxylation sites is 6. The zero-order chi connectivity index (χ0) is 57.8. The van der Waals surface area contributed by atoms with Gasteiger partial charge in [-0.1, -0.05) is 212 Å². The lowest BCUT2D eigenvalue weighted by atomic mass is 9.89. The molecule has 0 bridgehead atoms. The van der Waals surface area contributed by atoms with Crippen LogP contribution in [0.2, 0.25) is 0 Å². The molecule has 0 amide bonds. The van der Waals surface area contributed by atoms with E-state index in [4.69, 9.17) is 19.9 Å². The van der Waals surface area contributed by atoms with Gasteiger partial charge >= 0.3 is 0 Å². The van der Waals surface area contributed by atoms with Gasteiger partial charge in [-0.2, -0.15) is 0 Å². The Hall–Kier alpha value is -12.0. The van der Waals surface area contributed by atoms with Gasteiger partial charge < -0.3 is 18.3 Å². The van der Waals surface area contributed by atoms with Crippen LogP contribution in [0.15, 0.2) is 303 Å². The number of rotatable bonds is 9. The maximum absolute atomic E-state index is 5.57. The summed E-state index contributed by atoms with van der Waals surface area (Å²) >= 11 is 0. The number of hydrogen-bond donors (Lipinski definition) is 0. The van der Waals surface area contributed by atoms with E-state index in [2.05, 4.69) is 273 Å². The van der Waals surface area contributed by atoms with Crippen LogP contribution in [0, 0.1) is 0 Å². The van der Waals surface area contributed by atoms with Crippen LogP contribution in [0.4, 0.5) is 0 Å². The minimum absolute atomic E-state index is 0.537. The monoisotopic (exact) mass is 1120 g/mol. The maximum Gasteiger partial charge on any atom is 0.164 e. The van der Waals surface area contributed by atoms with Gasteiger partial charge in [-0.25, -0.2) is 15.0 Å². The highest BCUT2D eigenvalue weighted by atomic mass is 15.1. The van der Waals surface area contributed by atoms with Gasteiger partial charge in [0.25, 0.3) is 0 Å². The molecule has 18 rings (SSSR count). The van der Waals surface area contributed by atoms with Gasteiger partial charge in [0.05, 0.1) is 61.2 Å². The first-order valence-corrected chi connectivity index (χ1v) is 29.8. The van der Waals surface area contributed by atoms with E-state index in [1.54, 1.807) is 0 Å². The van der Waals surface area contributed by atoms with Crippen molar-refractivity contribution in [3.8, 4) is 79.3 Å². The SMILES string of the molecule is c1ccc(-c2nc(-c3ccccc3)nc(-c3cccc(-n4c5ccccc5c5c4ccc4c6ccccc6n(-c6ccccc6)c45)c3-c3c(-c4ccccn4)cccc3-n3c4ccccc4c4c3ccc3c5ccccc5n(-c5ccccc5)c34)n2)cc1. The Labute approximate surface area is 505 Å².